The number of hydrogen-bond donors (Lipinski definition) is 2. The van der Waals surface area contributed by atoms with E-state index in [1.165, 1.54) is 12.1 Å². The molecule has 2 aromatic rings. The Morgan fingerprint density at radius 1 is 1.21 bits per heavy atom. The molecule has 1 fully saturated rings. The molecule has 0 spiro atoms. The third-order valence-electron chi connectivity index (χ3n) is 4.96. The Bertz CT molecular complexity index is 810. The minimum absolute atomic E-state index is 0. The third-order valence-corrected chi connectivity index (χ3v) is 4.96. The van der Waals surface area contributed by atoms with Crippen molar-refractivity contribution in [2.24, 2.45) is 0 Å². The molecule has 0 radical (unpaired) electrons. The smallest absolute Gasteiger partial charge is 0.256 e. The standard InChI is InChI=1S/C21H25FN2O3.ClH/c1-15-12-18(27-14-16-4-3-5-17(22)13-16)6-7-19(15)24-20(25)21(26-2)8-10-23-11-9-21;/h3-7,12-13,23H,8-11,14H2,1-2H3,(H,24,25);1H. The predicted octanol–water partition coefficient (Wildman–Crippen LogP) is 3.84. The fourth-order valence-corrected chi connectivity index (χ4v) is 3.25. The summed E-state index contributed by atoms with van der Waals surface area (Å²) in [6, 6.07) is 11.8. The molecule has 5 nitrogen and oxygen atoms in total. The number of rotatable bonds is 6. The maximum absolute atomic E-state index is 13.2. The summed E-state index contributed by atoms with van der Waals surface area (Å²) in [6.45, 7) is 3.70. The number of benzene rings is 2. The van der Waals surface area contributed by atoms with E-state index in [0.717, 1.165) is 29.9 Å². The van der Waals surface area contributed by atoms with E-state index in [2.05, 4.69) is 10.6 Å². The lowest BCUT2D eigenvalue weighted by Crippen LogP contribution is -2.51. The number of anilines is 1. The number of nitrogens with one attached hydrogen (secondary N) is 2. The second-order valence-electron chi connectivity index (χ2n) is 6.80. The molecular weight excluding hydrogens is 383 g/mol. The van der Waals surface area contributed by atoms with Crippen LogP contribution in [0.4, 0.5) is 10.1 Å². The quantitative estimate of drug-likeness (QED) is 0.762. The van der Waals surface area contributed by atoms with E-state index in [1.807, 2.05) is 25.1 Å². The van der Waals surface area contributed by atoms with Gasteiger partial charge in [0.05, 0.1) is 0 Å². The average molecular weight is 409 g/mol. The number of methoxy groups -OCH3 is 1. The van der Waals surface area contributed by atoms with Crippen LogP contribution in [0.25, 0.3) is 0 Å². The van der Waals surface area contributed by atoms with Gasteiger partial charge in [-0.25, -0.2) is 4.39 Å². The summed E-state index contributed by atoms with van der Waals surface area (Å²) < 4.78 is 24.5. The maximum atomic E-state index is 13.2. The molecule has 152 valence electrons. The highest BCUT2D eigenvalue weighted by Gasteiger charge is 2.39. The SMILES string of the molecule is COC1(C(=O)Nc2ccc(OCc3cccc(F)c3)cc2C)CCNCC1.Cl. The lowest BCUT2D eigenvalue weighted by atomic mass is 9.91. The van der Waals surface area contributed by atoms with Crippen LogP contribution in [0.15, 0.2) is 42.5 Å². The summed E-state index contributed by atoms with van der Waals surface area (Å²) in [6.07, 6.45) is 1.28. The van der Waals surface area contributed by atoms with Gasteiger partial charge in [0.2, 0.25) is 0 Å². The van der Waals surface area contributed by atoms with Crippen LogP contribution in [0.3, 0.4) is 0 Å². The van der Waals surface area contributed by atoms with E-state index in [9.17, 15) is 9.18 Å². The van der Waals surface area contributed by atoms with Gasteiger partial charge in [0.15, 0.2) is 0 Å². The van der Waals surface area contributed by atoms with E-state index in [1.54, 1.807) is 19.2 Å². The Balaban J connectivity index is 0.00000280. The van der Waals surface area contributed by atoms with Crippen molar-refractivity contribution in [3.05, 3.63) is 59.4 Å². The monoisotopic (exact) mass is 408 g/mol. The first-order valence-corrected chi connectivity index (χ1v) is 9.08. The van der Waals surface area contributed by atoms with E-state index >= 15 is 0 Å². The number of aryl methyl sites for hydroxylation is 1. The van der Waals surface area contributed by atoms with E-state index < -0.39 is 5.60 Å². The van der Waals surface area contributed by atoms with Gasteiger partial charge in [0, 0.05) is 12.8 Å². The molecule has 2 aromatic carbocycles. The van der Waals surface area contributed by atoms with Crippen molar-refractivity contribution < 1.29 is 18.7 Å². The van der Waals surface area contributed by atoms with Crippen LogP contribution in [0.2, 0.25) is 0 Å². The molecule has 0 unspecified atom stereocenters. The summed E-state index contributed by atoms with van der Waals surface area (Å²) in [5.74, 6) is 0.261. The highest BCUT2D eigenvalue weighted by Crippen LogP contribution is 2.27. The van der Waals surface area contributed by atoms with Crippen molar-refractivity contribution in [2.45, 2.75) is 32.0 Å². The summed E-state index contributed by atoms with van der Waals surface area (Å²) in [5.41, 5.74) is 1.59. The van der Waals surface area contributed by atoms with Gasteiger partial charge in [-0.05, 0) is 74.3 Å². The lowest BCUT2D eigenvalue weighted by Gasteiger charge is -2.34. The molecule has 1 saturated heterocycles. The van der Waals surface area contributed by atoms with Crippen molar-refractivity contribution in [1.29, 1.82) is 0 Å². The number of ether oxygens (including phenoxy) is 2. The molecule has 1 amide bonds. The first-order chi connectivity index (χ1) is 13.0. The second-order valence-corrected chi connectivity index (χ2v) is 6.80. The lowest BCUT2D eigenvalue weighted by molar-refractivity contribution is -0.140. The molecule has 3 rings (SSSR count). The zero-order valence-electron chi connectivity index (χ0n) is 16.1. The van der Waals surface area contributed by atoms with Gasteiger partial charge < -0.3 is 20.1 Å². The zero-order valence-corrected chi connectivity index (χ0v) is 16.9. The second kappa shape index (κ2) is 9.87. The third kappa shape index (κ3) is 5.22. The molecule has 2 N–H and O–H groups in total. The number of hydrogen-bond acceptors (Lipinski definition) is 4. The molecule has 0 atom stereocenters. The van der Waals surface area contributed by atoms with Crippen molar-refractivity contribution in [2.75, 3.05) is 25.5 Å². The minimum Gasteiger partial charge on any atom is -0.489 e. The topological polar surface area (TPSA) is 59.6 Å². The van der Waals surface area contributed by atoms with Crippen molar-refractivity contribution in [3.8, 4) is 5.75 Å². The van der Waals surface area contributed by atoms with Gasteiger partial charge in [-0.3, -0.25) is 4.79 Å². The van der Waals surface area contributed by atoms with Crippen LogP contribution in [-0.2, 0) is 16.1 Å². The van der Waals surface area contributed by atoms with Gasteiger partial charge >= 0.3 is 0 Å². The van der Waals surface area contributed by atoms with Crippen LogP contribution in [-0.4, -0.2) is 31.7 Å². The van der Waals surface area contributed by atoms with Crippen molar-refractivity contribution in [1.82, 2.24) is 5.32 Å². The van der Waals surface area contributed by atoms with Crippen molar-refractivity contribution in [3.63, 3.8) is 0 Å². The number of carbonyl (C=O) groups excluding carboxylic acids is 1. The van der Waals surface area contributed by atoms with Gasteiger partial charge in [0.1, 0.15) is 23.8 Å². The van der Waals surface area contributed by atoms with Crippen LogP contribution < -0.4 is 15.4 Å². The molecule has 0 bridgehead atoms. The predicted molar refractivity (Wildman–Crippen MR) is 110 cm³/mol. The zero-order chi connectivity index (χ0) is 19.3. The summed E-state index contributed by atoms with van der Waals surface area (Å²) >= 11 is 0. The Hall–Kier alpha value is -2.15. The number of carbonyl (C=O) groups is 1. The fourth-order valence-electron chi connectivity index (χ4n) is 3.25. The molecule has 1 aliphatic rings. The van der Waals surface area contributed by atoms with Crippen LogP contribution >= 0.6 is 12.4 Å². The molecule has 0 aliphatic carbocycles. The molecule has 0 saturated carbocycles. The average Bonchev–Trinajstić information content (AvgIpc) is 2.68. The summed E-state index contributed by atoms with van der Waals surface area (Å²) in [7, 11) is 1.58. The molecule has 28 heavy (non-hydrogen) atoms. The first kappa shape index (κ1) is 22.1. The molecule has 1 aliphatic heterocycles. The van der Waals surface area contributed by atoms with Crippen molar-refractivity contribution >= 4 is 24.0 Å². The van der Waals surface area contributed by atoms with Gasteiger partial charge in [-0.1, -0.05) is 12.1 Å². The highest BCUT2D eigenvalue weighted by atomic mass is 35.5. The molecular formula is C21H26ClFN2O3. The Morgan fingerprint density at radius 3 is 2.61 bits per heavy atom. The van der Waals surface area contributed by atoms with Gasteiger partial charge in [-0.15, -0.1) is 12.4 Å². The fraction of sp³-hybridized carbons (Fsp3) is 0.381. The van der Waals surface area contributed by atoms with Crippen LogP contribution in [0, 0.1) is 12.7 Å². The molecule has 0 aromatic heterocycles. The van der Waals surface area contributed by atoms with E-state index in [-0.39, 0.29) is 30.7 Å². The highest BCUT2D eigenvalue weighted by molar-refractivity contribution is 5.98. The molecule has 7 heteroatoms. The number of piperidine rings is 1. The maximum Gasteiger partial charge on any atom is 0.256 e. The number of halogens is 2. The Morgan fingerprint density at radius 2 is 1.96 bits per heavy atom. The molecule has 1 heterocycles. The van der Waals surface area contributed by atoms with E-state index in [0.29, 0.717) is 18.6 Å². The summed E-state index contributed by atoms with van der Waals surface area (Å²) in [4.78, 5) is 12.8. The Kier molecular flexibility index (Phi) is 7.80. The largest absolute Gasteiger partial charge is 0.489 e. The first-order valence-electron chi connectivity index (χ1n) is 9.08. The summed E-state index contributed by atoms with van der Waals surface area (Å²) in [5, 5.41) is 6.23. The van der Waals surface area contributed by atoms with Gasteiger partial charge in [0.25, 0.3) is 5.91 Å². The van der Waals surface area contributed by atoms with Crippen LogP contribution in [0.1, 0.15) is 24.0 Å². The van der Waals surface area contributed by atoms with Crippen LogP contribution in [0.5, 0.6) is 5.75 Å². The van der Waals surface area contributed by atoms with Gasteiger partial charge in [-0.2, -0.15) is 0 Å². The minimum atomic E-state index is -0.787. The van der Waals surface area contributed by atoms with E-state index in [4.69, 9.17) is 9.47 Å². The normalized spacial score (nSPS) is 15.4. The Labute approximate surface area is 171 Å². The number of amides is 1.